The number of amides is 1. The van der Waals surface area contributed by atoms with E-state index in [9.17, 15) is 28.3 Å². The number of hydrogen-bond donors (Lipinski definition) is 2. The van der Waals surface area contributed by atoms with Crippen LogP contribution in [0.1, 0.15) is 61.0 Å². The highest BCUT2D eigenvalue weighted by atomic mass is 19.2. The van der Waals surface area contributed by atoms with Crippen LogP contribution in [0.5, 0.6) is 0 Å². The zero-order chi connectivity index (χ0) is 31.3. The molecule has 2 atom stereocenters. The molecule has 0 fully saturated rings. The molecule has 2 unspecified atom stereocenters. The van der Waals surface area contributed by atoms with Crippen LogP contribution in [0.4, 0.5) is 13.2 Å². The number of carboxylic acid groups (broad SMARTS) is 1. The summed E-state index contributed by atoms with van der Waals surface area (Å²) in [6.07, 6.45) is 1.75. The Morgan fingerprint density at radius 1 is 1.02 bits per heavy atom. The van der Waals surface area contributed by atoms with Crippen LogP contribution in [0.15, 0.2) is 47.4 Å². The van der Waals surface area contributed by atoms with Gasteiger partial charge in [-0.05, 0) is 98.8 Å². The number of hydrogen-bond acceptors (Lipinski definition) is 4. The average molecular weight is 586 g/mol. The summed E-state index contributed by atoms with van der Waals surface area (Å²) in [7, 11) is 3.84. The highest BCUT2D eigenvalue weighted by Gasteiger charge is 2.29. The van der Waals surface area contributed by atoms with E-state index in [0.717, 1.165) is 11.6 Å². The molecule has 42 heavy (non-hydrogen) atoms. The summed E-state index contributed by atoms with van der Waals surface area (Å²) in [6.45, 7) is 7.73. The lowest BCUT2D eigenvalue weighted by atomic mass is 9.91. The Morgan fingerprint density at radius 3 is 2.24 bits per heavy atom. The van der Waals surface area contributed by atoms with Crippen molar-refractivity contribution >= 4 is 11.9 Å². The lowest BCUT2D eigenvalue weighted by Gasteiger charge is -2.26. The molecular weight excluding hydrogens is 547 g/mol. The van der Waals surface area contributed by atoms with E-state index in [4.69, 9.17) is 0 Å². The van der Waals surface area contributed by atoms with Gasteiger partial charge in [-0.2, -0.15) is 0 Å². The fraction of sp³-hybridized carbons (Fsp3) is 0.406. The Hall–Kier alpha value is -3.92. The maximum absolute atomic E-state index is 15.3. The Morgan fingerprint density at radius 2 is 1.67 bits per heavy atom. The largest absolute Gasteiger partial charge is 0.481 e. The highest BCUT2D eigenvalue weighted by molar-refractivity contribution is 5.82. The molecule has 0 radical (unpaired) electrons. The number of carbonyl (C=O) groups is 2. The van der Waals surface area contributed by atoms with E-state index in [0.29, 0.717) is 29.7 Å². The van der Waals surface area contributed by atoms with Crippen LogP contribution in [0, 0.1) is 37.2 Å². The van der Waals surface area contributed by atoms with Gasteiger partial charge in [0.05, 0.1) is 12.5 Å². The van der Waals surface area contributed by atoms with Gasteiger partial charge < -0.3 is 19.9 Å². The van der Waals surface area contributed by atoms with E-state index >= 15 is 4.39 Å². The Labute approximate surface area is 244 Å². The zero-order valence-corrected chi connectivity index (χ0v) is 24.8. The van der Waals surface area contributed by atoms with Crippen molar-refractivity contribution in [3.63, 3.8) is 0 Å². The minimum Gasteiger partial charge on any atom is -0.481 e. The van der Waals surface area contributed by atoms with Gasteiger partial charge >= 0.3 is 5.97 Å². The molecule has 0 aliphatic rings. The Kier molecular flexibility index (Phi) is 10.7. The summed E-state index contributed by atoms with van der Waals surface area (Å²) < 4.78 is 45.5. The number of likely N-dealkylation sites (N-methyl/N-ethyl adjacent to an activating group) is 1. The second-order valence-corrected chi connectivity index (χ2v) is 11.4. The molecule has 2 aromatic carbocycles. The lowest BCUT2D eigenvalue weighted by Crippen LogP contribution is -2.40. The molecule has 3 aromatic rings. The summed E-state index contributed by atoms with van der Waals surface area (Å²) in [4.78, 5) is 40.5. The van der Waals surface area contributed by atoms with Gasteiger partial charge in [0.1, 0.15) is 11.9 Å². The highest BCUT2D eigenvalue weighted by Crippen LogP contribution is 2.34. The van der Waals surface area contributed by atoms with Gasteiger partial charge in [-0.1, -0.05) is 19.9 Å². The normalized spacial score (nSPS) is 12.9. The predicted molar refractivity (Wildman–Crippen MR) is 156 cm³/mol. The van der Waals surface area contributed by atoms with Gasteiger partial charge in [0.2, 0.25) is 5.91 Å². The number of aromatic nitrogens is 1. The van der Waals surface area contributed by atoms with Crippen LogP contribution in [0.3, 0.4) is 0 Å². The van der Waals surface area contributed by atoms with Crippen molar-refractivity contribution in [2.75, 3.05) is 20.6 Å². The molecule has 1 amide bonds. The smallest absolute Gasteiger partial charge is 0.305 e. The molecule has 0 aliphatic carbocycles. The fourth-order valence-corrected chi connectivity index (χ4v) is 5.14. The summed E-state index contributed by atoms with van der Waals surface area (Å²) >= 11 is 0. The van der Waals surface area contributed by atoms with E-state index in [-0.39, 0.29) is 23.5 Å². The number of carboxylic acids is 1. The average Bonchev–Trinajstić information content (AvgIpc) is 2.87. The van der Waals surface area contributed by atoms with Crippen LogP contribution < -0.4 is 10.9 Å². The third-order valence-electron chi connectivity index (χ3n) is 7.09. The topological polar surface area (TPSA) is 91.6 Å². The molecule has 226 valence electrons. The molecule has 0 spiro atoms. The lowest BCUT2D eigenvalue weighted by molar-refractivity contribution is -0.138. The van der Waals surface area contributed by atoms with E-state index in [1.165, 1.54) is 28.8 Å². The maximum atomic E-state index is 15.3. The van der Waals surface area contributed by atoms with Gasteiger partial charge in [0, 0.05) is 24.4 Å². The van der Waals surface area contributed by atoms with E-state index in [2.05, 4.69) is 5.32 Å². The maximum Gasteiger partial charge on any atom is 0.305 e. The predicted octanol–water partition coefficient (Wildman–Crippen LogP) is 5.57. The molecular formula is C32H38F3N3O4. The number of pyridine rings is 1. The Balaban J connectivity index is 2.08. The monoisotopic (exact) mass is 585 g/mol. The standard InChI is InChI=1S/C32H38F3N3O4/c1-18(2)11-27(38-17-21(7-8-28(38)39)9-10-37(5)6)32(42)36-26(16-29(40)41)24-14-22(15-25(34)31(24)35)30-19(3)12-23(33)13-20(30)4/h7-8,12-15,17-18,26-27H,9-11,16H2,1-6H3,(H,36,42)(H,40,41). The second-order valence-electron chi connectivity index (χ2n) is 11.4. The van der Waals surface area contributed by atoms with Crippen molar-refractivity contribution in [3.05, 3.63) is 92.7 Å². The molecule has 0 saturated heterocycles. The zero-order valence-electron chi connectivity index (χ0n) is 24.8. The quantitative estimate of drug-likeness (QED) is 0.290. The molecule has 1 heterocycles. The van der Waals surface area contributed by atoms with E-state index in [1.54, 1.807) is 26.1 Å². The SMILES string of the molecule is Cc1cc(F)cc(C)c1-c1cc(F)c(F)c(C(CC(=O)O)NC(=O)C(CC(C)C)n2cc(CCN(C)C)ccc2=O)c1. The summed E-state index contributed by atoms with van der Waals surface area (Å²) in [5.41, 5.74) is 1.70. The number of benzene rings is 2. The third-order valence-corrected chi connectivity index (χ3v) is 7.09. The summed E-state index contributed by atoms with van der Waals surface area (Å²) in [5, 5.41) is 12.2. The van der Waals surface area contributed by atoms with Gasteiger partial charge in [0.15, 0.2) is 11.6 Å². The number of rotatable bonds is 12. The van der Waals surface area contributed by atoms with Crippen molar-refractivity contribution in [2.24, 2.45) is 5.92 Å². The Bertz CT molecular complexity index is 1490. The number of aliphatic carboxylic acids is 1. The van der Waals surface area contributed by atoms with Gasteiger partial charge in [0.25, 0.3) is 5.56 Å². The van der Waals surface area contributed by atoms with Crippen LogP contribution in [-0.4, -0.2) is 47.1 Å². The first-order valence-electron chi connectivity index (χ1n) is 13.8. The molecule has 2 N–H and O–H groups in total. The van der Waals surface area contributed by atoms with Crippen LogP contribution >= 0.6 is 0 Å². The molecule has 3 rings (SSSR count). The molecule has 0 saturated carbocycles. The van der Waals surface area contributed by atoms with Gasteiger partial charge in [-0.3, -0.25) is 14.4 Å². The number of carbonyl (C=O) groups excluding carboxylic acids is 1. The van der Waals surface area contributed by atoms with E-state index in [1.807, 2.05) is 32.8 Å². The molecule has 0 bridgehead atoms. The minimum absolute atomic E-state index is 0.0297. The first kappa shape index (κ1) is 32.6. The van der Waals surface area contributed by atoms with Gasteiger partial charge in [-0.25, -0.2) is 13.2 Å². The molecule has 10 heteroatoms. The van der Waals surface area contributed by atoms with E-state index < -0.39 is 53.4 Å². The fourth-order valence-electron chi connectivity index (χ4n) is 5.14. The minimum atomic E-state index is -1.45. The van der Waals surface area contributed by atoms with Crippen molar-refractivity contribution in [3.8, 4) is 11.1 Å². The van der Waals surface area contributed by atoms with Crippen LogP contribution in [0.2, 0.25) is 0 Å². The van der Waals surface area contributed by atoms with Crippen molar-refractivity contribution in [2.45, 2.75) is 59.0 Å². The number of nitrogens with zero attached hydrogens (tertiary/aromatic N) is 2. The first-order chi connectivity index (χ1) is 19.7. The second kappa shape index (κ2) is 13.8. The van der Waals surface area contributed by atoms with Crippen molar-refractivity contribution < 1.29 is 27.9 Å². The third kappa shape index (κ3) is 8.09. The number of halogens is 3. The molecule has 0 aliphatic heterocycles. The number of aryl methyl sites for hydroxylation is 2. The first-order valence-corrected chi connectivity index (χ1v) is 13.8. The molecule has 7 nitrogen and oxygen atoms in total. The van der Waals surface area contributed by atoms with Crippen molar-refractivity contribution in [1.29, 1.82) is 0 Å². The number of nitrogens with one attached hydrogen (secondary N) is 1. The molecule has 1 aromatic heterocycles. The summed E-state index contributed by atoms with van der Waals surface area (Å²) in [6, 6.07) is 5.38. The van der Waals surface area contributed by atoms with Crippen molar-refractivity contribution in [1.82, 2.24) is 14.8 Å². The summed E-state index contributed by atoms with van der Waals surface area (Å²) in [5.74, 6) is -5.09. The van der Waals surface area contributed by atoms with Crippen LogP contribution in [-0.2, 0) is 16.0 Å². The van der Waals surface area contributed by atoms with Crippen LogP contribution in [0.25, 0.3) is 11.1 Å². The van der Waals surface area contributed by atoms with Gasteiger partial charge in [-0.15, -0.1) is 0 Å².